The molecule has 1 rings (SSSR count). The van der Waals surface area contributed by atoms with Crippen molar-refractivity contribution in [3.63, 3.8) is 0 Å². The van der Waals surface area contributed by atoms with Gasteiger partial charge in [0.05, 0.1) is 5.60 Å². The van der Waals surface area contributed by atoms with E-state index in [4.69, 9.17) is 4.74 Å². The summed E-state index contributed by atoms with van der Waals surface area (Å²) in [7, 11) is 1.81. The monoisotopic (exact) mass is 185 g/mol. The average Bonchev–Trinajstić information content (AvgIpc) is 2.89. The van der Waals surface area contributed by atoms with Crippen molar-refractivity contribution in [1.29, 1.82) is 0 Å². The Kier molecular flexibility index (Phi) is 3.74. The molecule has 2 heteroatoms. The Labute approximate surface area is 82.0 Å². The predicted molar refractivity (Wildman–Crippen MR) is 55.9 cm³/mol. The van der Waals surface area contributed by atoms with Gasteiger partial charge in [-0.1, -0.05) is 6.92 Å². The van der Waals surface area contributed by atoms with Crippen molar-refractivity contribution in [2.75, 3.05) is 13.7 Å². The van der Waals surface area contributed by atoms with Gasteiger partial charge in [-0.25, -0.2) is 0 Å². The Morgan fingerprint density at radius 3 is 2.46 bits per heavy atom. The van der Waals surface area contributed by atoms with Crippen molar-refractivity contribution in [1.82, 2.24) is 5.32 Å². The summed E-state index contributed by atoms with van der Waals surface area (Å²) in [4.78, 5) is 0. The van der Waals surface area contributed by atoms with Crippen LogP contribution in [0, 0.1) is 5.92 Å². The van der Waals surface area contributed by atoms with E-state index in [1.54, 1.807) is 0 Å². The van der Waals surface area contributed by atoms with E-state index >= 15 is 0 Å². The molecule has 1 aliphatic rings. The fourth-order valence-electron chi connectivity index (χ4n) is 1.84. The first kappa shape index (κ1) is 11.0. The van der Waals surface area contributed by atoms with Crippen LogP contribution in [0.5, 0.6) is 0 Å². The standard InChI is InChI=1S/C11H23NO/c1-5-8-12-10(9-6-7-9)11(2,3)13-4/h9-10,12H,5-8H2,1-4H3. The van der Waals surface area contributed by atoms with Crippen LogP contribution >= 0.6 is 0 Å². The zero-order valence-electron chi connectivity index (χ0n) is 9.39. The molecule has 0 heterocycles. The molecule has 1 atom stereocenters. The van der Waals surface area contributed by atoms with Gasteiger partial charge in [-0.2, -0.15) is 0 Å². The van der Waals surface area contributed by atoms with Crippen molar-refractivity contribution in [3.8, 4) is 0 Å². The molecule has 13 heavy (non-hydrogen) atoms. The fourth-order valence-corrected chi connectivity index (χ4v) is 1.84. The Morgan fingerprint density at radius 2 is 2.08 bits per heavy atom. The lowest BCUT2D eigenvalue weighted by Gasteiger charge is -2.34. The van der Waals surface area contributed by atoms with E-state index in [0.717, 1.165) is 12.5 Å². The molecule has 1 aliphatic carbocycles. The lowest BCUT2D eigenvalue weighted by molar-refractivity contribution is -0.0165. The van der Waals surface area contributed by atoms with Crippen LogP contribution in [0.25, 0.3) is 0 Å². The fraction of sp³-hybridized carbons (Fsp3) is 1.00. The van der Waals surface area contributed by atoms with E-state index in [1.165, 1.54) is 19.3 Å². The SMILES string of the molecule is CCCNC(C1CC1)C(C)(C)OC. The topological polar surface area (TPSA) is 21.3 Å². The molecule has 2 nitrogen and oxygen atoms in total. The Bertz CT molecular complexity index is 152. The highest BCUT2D eigenvalue weighted by Crippen LogP contribution is 2.38. The lowest BCUT2D eigenvalue weighted by atomic mass is 9.94. The van der Waals surface area contributed by atoms with E-state index in [0.29, 0.717) is 6.04 Å². The number of ether oxygens (including phenoxy) is 1. The first-order valence-electron chi connectivity index (χ1n) is 5.40. The van der Waals surface area contributed by atoms with Crippen LogP contribution < -0.4 is 5.32 Å². The highest BCUT2D eigenvalue weighted by Gasteiger charge is 2.40. The number of nitrogens with one attached hydrogen (secondary N) is 1. The quantitative estimate of drug-likeness (QED) is 0.685. The molecule has 0 amide bonds. The molecule has 1 saturated carbocycles. The first-order valence-corrected chi connectivity index (χ1v) is 5.40. The van der Waals surface area contributed by atoms with E-state index < -0.39 is 0 Å². The second kappa shape index (κ2) is 4.43. The van der Waals surface area contributed by atoms with Gasteiger partial charge in [0, 0.05) is 13.2 Å². The van der Waals surface area contributed by atoms with Crippen LogP contribution in [0.3, 0.4) is 0 Å². The minimum atomic E-state index is -0.0175. The zero-order chi connectivity index (χ0) is 9.90. The Balaban J connectivity index is 2.45. The largest absolute Gasteiger partial charge is 0.377 e. The van der Waals surface area contributed by atoms with Gasteiger partial charge >= 0.3 is 0 Å². The number of hydrogen-bond acceptors (Lipinski definition) is 2. The maximum Gasteiger partial charge on any atom is 0.0777 e. The zero-order valence-corrected chi connectivity index (χ0v) is 9.39. The van der Waals surface area contributed by atoms with Gasteiger partial charge in [0.1, 0.15) is 0 Å². The lowest BCUT2D eigenvalue weighted by Crippen LogP contribution is -2.49. The smallest absolute Gasteiger partial charge is 0.0777 e. The van der Waals surface area contributed by atoms with E-state index in [1.807, 2.05) is 7.11 Å². The van der Waals surface area contributed by atoms with Crippen molar-refractivity contribution in [2.45, 2.75) is 51.7 Å². The third-order valence-electron chi connectivity index (χ3n) is 2.98. The molecule has 0 aromatic heterocycles. The molecule has 0 spiro atoms. The van der Waals surface area contributed by atoms with Crippen LogP contribution in [0.15, 0.2) is 0 Å². The van der Waals surface area contributed by atoms with Crippen LogP contribution in [0.4, 0.5) is 0 Å². The van der Waals surface area contributed by atoms with Gasteiger partial charge in [0.2, 0.25) is 0 Å². The number of methoxy groups -OCH3 is 1. The molecule has 1 N–H and O–H groups in total. The summed E-state index contributed by atoms with van der Waals surface area (Å²) >= 11 is 0. The molecule has 0 aromatic rings. The van der Waals surface area contributed by atoms with Crippen LogP contribution in [0.1, 0.15) is 40.0 Å². The van der Waals surface area contributed by atoms with Crippen molar-refractivity contribution >= 4 is 0 Å². The van der Waals surface area contributed by atoms with Crippen LogP contribution in [-0.2, 0) is 4.74 Å². The highest BCUT2D eigenvalue weighted by atomic mass is 16.5. The third-order valence-corrected chi connectivity index (χ3v) is 2.98. The van der Waals surface area contributed by atoms with Crippen LogP contribution in [0.2, 0.25) is 0 Å². The van der Waals surface area contributed by atoms with Crippen molar-refractivity contribution < 1.29 is 4.74 Å². The summed E-state index contributed by atoms with van der Waals surface area (Å²) in [5.74, 6) is 0.849. The molecule has 0 aromatic carbocycles. The molecular formula is C11H23NO. The molecule has 0 bridgehead atoms. The van der Waals surface area contributed by atoms with Gasteiger partial charge in [0.15, 0.2) is 0 Å². The molecule has 78 valence electrons. The Morgan fingerprint density at radius 1 is 1.46 bits per heavy atom. The van der Waals surface area contributed by atoms with Crippen LogP contribution in [-0.4, -0.2) is 25.3 Å². The Hall–Kier alpha value is -0.0800. The van der Waals surface area contributed by atoms with Gasteiger partial charge in [0.25, 0.3) is 0 Å². The van der Waals surface area contributed by atoms with E-state index in [9.17, 15) is 0 Å². The minimum Gasteiger partial charge on any atom is -0.377 e. The second-order valence-corrected chi connectivity index (χ2v) is 4.58. The van der Waals surface area contributed by atoms with Crippen molar-refractivity contribution in [3.05, 3.63) is 0 Å². The summed E-state index contributed by atoms with van der Waals surface area (Å²) in [6.07, 6.45) is 3.94. The van der Waals surface area contributed by atoms with Gasteiger partial charge in [-0.15, -0.1) is 0 Å². The maximum atomic E-state index is 5.54. The predicted octanol–water partition coefficient (Wildman–Crippen LogP) is 2.19. The molecular weight excluding hydrogens is 162 g/mol. The summed E-state index contributed by atoms with van der Waals surface area (Å²) in [5, 5.41) is 3.60. The van der Waals surface area contributed by atoms with E-state index in [2.05, 4.69) is 26.1 Å². The van der Waals surface area contributed by atoms with Gasteiger partial charge in [-0.3, -0.25) is 0 Å². The summed E-state index contributed by atoms with van der Waals surface area (Å²) < 4.78 is 5.54. The molecule has 0 saturated heterocycles. The molecule has 0 radical (unpaired) electrons. The minimum absolute atomic E-state index is 0.0175. The van der Waals surface area contributed by atoms with E-state index in [-0.39, 0.29) is 5.60 Å². The second-order valence-electron chi connectivity index (χ2n) is 4.58. The molecule has 1 unspecified atom stereocenters. The van der Waals surface area contributed by atoms with Gasteiger partial charge in [-0.05, 0) is 45.6 Å². The average molecular weight is 185 g/mol. The summed E-state index contributed by atoms with van der Waals surface area (Å²) in [6.45, 7) is 7.67. The summed E-state index contributed by atoms with van der Waals surface area (Å²) in [5.41, 5.74) is -0.0175. The molecule has 0 aliphatic heterocycles. The normalized spacial score (nSPS) is 20.3. The number of hydrogen-bond donors (Lipinski definition) is 1. The van der Waals surface area contributed by atoms with Crippen molar-refractivity contribution in [2.24, 2.45) is 5.92 Å². The third kappa shape index (κ3) is 2.96. The van der Waals surface area contributed by atoms with Gasteiger partial charge < -0.3 is 10.1 Å². The first-order chi connectivity index (χ1) is 6.11. The molecule has 1 fully saturated rings. The number of rotatable bonds is 6. The summed E-state index contributed by atoms with van der Waals surface area (Å²) in [6, 6.07) is 0.539. The highest BCUT2D eigenvalue weighted by molar-refractivity contribution is 4.96. The maximum absolute atomic E-state index is 5.54.